The van der Waals surface area contributed by atoms with E-state index in [9.17, 15) is 4.79 Å². The highest BCUT2D eigenvalue weighted by Crippen LogP contribution is 2.23. The van der Waals surface area contributed by atoms with Gasteiger partial charge in [0.15, 0.2) is 0 Å². The van der Waals surface area contributed by atoms with Crippen LogP contribution in [0.15, 0.2) is 33.5 Å². The molecule has 1 heterocycles. The predicted octanol–water partition coefficient (Wildman–Crippen LogP) is 5.09. The Bertz CT molecular complexity index is 643. The maximum atomic E-state index is 11.6. The van der Waals surface area contributed by atoms with Gasteiger partial charge in [-0.2, -0.15) is 0 Å². The van der Waals surface area contributed by atoms with E-state index >= 15 is 0 Å². The summed E-state index contributed by atoms with van der Waals surface area (Å²) >= 11 is 0. The Hall–Kier alpha value is -1.77. The first-order chi connectivity index (χ1) is 10.7. The van der Waals surface area contributed by atoms with Crippen LogP contribution in [0, 0.1) is 0 Å². The lowest BCUT2D eigenvalue weighted by atomic mass is 10.1. The predicted molar refractivity (Wildman–Crippen MR) is 90.7 cm³/mol. The molecule has 0 spiro atoms. The molecule has 2 aromatic rings. The van der Waals surface area contributed by atoms with Crippen LogP contribution in [-0.4, -0.2) is 6.61 Å². The van der Waals surface area contributed by atoms with E-state index in [-0.39, 0.29) is 5.63 Å². The van der Waals surface area contributed by atoms with Gasteiger partial charge in [0.25, 0.3) is 0 Å². The molecule has 0 aliphatic carbocycles. The van der Waals surface area contributed by atoms with Crippen molar-refractivity contribution >= 4 is 11.0 Å². The molecule has 0 aliphatic rings. The van der Waals surface area contributed by atoms with E-state index < -0.39 is 0 Å². The smallest absolute Gasteiger partial charge is 0.336 e. The number of hydrogen-bond acceptors (Lipinski definition) is 3. The SMILES string of the molecule is CCCCCCCCOc1ccc2c(CC)cc(=O)oc2c1. The van der Waals surface area contributed by atoms with Crippen molar-refractivity contribution in [2.75, 3.05) is 6.61 Å². The second-order valence-electron chi connectivity index (χ2n) is 5.72. The van der Waals surface area contributed by atoms with E-state index in [1.54, 1.807) is 6.07 Å². The van der Waals surface area contributed by atoms with Gasteiger partial charge in [-0.1, -0.05) is 46.0 Å². The zero-order chi connectivity index (χ0) is 15.8. The summed E-state index contributed by atoms with van der Waals surface area (Å²) < 4.78 is 11.1. The summed E-state index contributed by atoms with van der Waals surface area (Å²) in [5.41, 5.74) is 1.34. The van der Waals surface area contributed by atoms with Crippen LogP contribution in [-0.2, 0) is 6.42 Å². The molecular weight excluding hydrogens is 276 g/mol. The van der Waals surface area contributed by atoms with Crippen LogP contribution in [0.25, 0.3) is 11.0 Å². The lowest BCUT2D eigenvalue weighted by Gasteiger charge is -2.08. The van der Waals surface area contributed by atoms with E-state index in [4.69, 9.17) is 9.15 Å². The van der Waals surface area contributed by atoms with Crippen LogP contribution in [0.4, 0.5) is 0 Å². The molecule has 0 saturated heterocycles. The van der Waals surface area contributed by atoms with Crippen molar-refractivity contribution in [3.05, 3.63) is 40.2 Å². The minimum atomic E-state index is -0.294. The van der Waals surface area contributed by atoms with Crippen molar-refractivity contribution in [3.63, 3.8) is 0 Å². The Morgan fingerprint density at radius 2 is 1.77 bits per heavy atom. The molecule has 0 N–H and O–H groups in total. The zero-order valence-corrected chi connectivity index (χ0v) is 13.7. The summed E-state index contributed by atoms with van der Waals surface area (Å²) in [6.07, 6.45) is 8.30. The summed E-state index contributed by atoms with van der Waals surface area (Å²) in [5, 5.41) is 0.994. The van der Waals surface area contributed by atoms with Crippen molar-refractivity contribution in [1.29, 1.82) is 0 Å². The van der Waals surface area contributed by atoms with Gasteiger partial charge in [0.2, 0.25) is 0 Å². The molecule has 0 saturated carbocycles. The van der Waals surface area contributed by atoms with Crippen LogP contribution < -0.4 is 10.4 Å². The van der Waals surface area contributed by atoms with Crippen LogP contribution >= 0.6 is 0 Å². The van der Waals surface area contributed by atoms with Crippen LogP contribution in [0.1, 0.15) is 57.9 Å². The number of rotatable bonds is 9. The van der Waals surface area contributed by atoms with E-state index in [1.807, 2.05) is 25.1 Å². The lowest BCUT2D eigenvalue weighted by molar-refractivity contribution is 0.304. The van der Waals surface area contributed by atoms with Crippen molar-refractivity contribution in [2.24, 2.45) is 0 Å². The number of unbranched alkanes of at least 4 members (excludes halogenated alkanes) is 5. The molecule has 0 aliphatic heterocycles. The average molecular weight is 302 g/mol. The first-order valence-electron chi connectivity index (χ1n) is 8.44. The fraction of sp³-hybridized carbons (Fsp3) is 0.526. The Balaban J connectivity index is 1.91. The van der Waals surface area contributed by atoms with Crippen LogP contribution in [0.3, 0.4) is 0 Å². The number of fused-ring (bicyclic) bond motifs is 1. The van der Waals surface area contributed by atoms with Gasteiger partial charge >= 0.3 is 5.63 Å². The van der Waals surface area contributed by atoms with Crippen molar-refractivity contribution < 1.29 is 9.15 Å². The topological polar surface area (TPSA) is 39.4 Å². The Morgan fingerprint density at radius 1 is 1.00 bits per heavy atom. The molecule has 1 aromatic heterocycles. The summed E-state index contributed by atoms with van der Waals surface area (Å²) in [4.78, 5) is 11.6. The second kappa shape index (κ2) is 8.62. The first kappa shape index (κ1) is 16.6. The molecule has 0 fully saturated rings. The highest BCUT2D eigenvalue weighted by atomic mass is 16.5. The molecule has 0 bridgehead atoms. The molecule has 3 nitrogen and oxygen atoms in total. The third-order valence-electron chi connectivity index (χ3n) is 3.95. The maximum Gasteiger partial charge on any atom is 0.336 e. The monoisotopic (exact) mass is 302 g/mol. The number of aryl methyl sites for hydroxylation is 1. The molecule has 2 rings (SSSR count). The van der Waals surface area contributed by atoms with Crippen molar-refractivity contribution in [3.8, 4) is 5.75 Å². The quantitative estimate of drug-likeness (QED) is 0.478. The molecule has 3 heteroatoms. The minimum absolute atomic E-state index is 0.294. The maximum absolute atomic E-state index is 11.6. The van der Waals surface area contributed by atoms with Gasteiger partial charge in [-0.05, 0) is 30.5 Å². The molecule has 22 heavy (non-hydrogen) atoms. The third kappa shape index (κ3) is 4.62. The molecule has 1 aromatic carbocycles. The highest BCUT2D eigenvalue weighted by Gasteiger charge is 2.05. The molecular formula is C19H26O3. The number of ether oxygens (including phenoxy) is 1. The van der Waals surface area contributed by atoms with Gasteiger partial charge in [-0.3, -0.25) is 0 Å². The van der Waals surface area contributed by atoms with Crippen LogP contribution in [0.5, 0.6) is 5.75 Å². The number of hydrogen-bond donors (Lipinski definition) is 0. The Labute approximate surface area is 132 Å². The Kier molecular flexibility index (Phi) is 6.50. The highest BCUT2D eigenvalue weighted by molar-refractivity contribution is 5.81. The molecule has 120 valence electrons. The van der Waals surface area contributed by atoms with Crippen molar-refractivity contribution in [1.82, 2.24) is 0 Å². The second-order valence-corrected chi connectivity index (χ2v) is 5.72. The van der Waals surface area contributed by atoms with E-state index in [1.165, 1.54) is 32.1 Å². The molecule has 0 radical (unpaired) electrons. The van der Waals surface area contributed by atoms with E-state index in [2.05, 4.69) is 6.92 Å². The fourth-order valence-electron chi connectivity index (χ4n) is 2.66. The number of benzene rings is 1. The van der Waals surface area contributed by atoms with E-state index in [0.717, 1.165) is 36.1 Å². The van der Waals surface area contributed by atoms with Gasteiger partial charge in [-0.15, -0.1) is 0 Å². The summed E-state index contributed by atoms with van der Waals surface area (Å²) in [6, 6.07) is 7.33. The summed E-state index contributed by atoms with van der Waals surface area (Å²) in [5.74, 6) is 0.775. The first-order valence-corrected chi connectivity index (χ1v) is 8.44. The van der Waals surface area contributed by atoms with Crippen molar-refractivity contribution in [2.45, 2.75) is 58.8 Å². The van der Waals surface area contributed by atoms with Gasteiger partial charge in [0.1, 0.15) is 11.3 Å². The standard InChI is InChI=1S/C19H26O3/c1-3-5-6-7-8-9-12-21-16-10-11-17-15(4-2)13-19(20)22-18(17)14-16/h10-11,13-14H,3-9,12H2,1-2H3. The normalized spacial score (nSPS) is 11.0. The third-order valence-corrected chi connectivity index (χ3v) is 3.95. The molecule has 0 amide bonds. The van der Waals surface area contributed by atoms with Gasteiger partial charge in [-0.25, -0.2) is 4.79 Å². The van der Waals surface area contributed by atoms with Gasteiger partial charge in [0.05, 0.1) is 6.61 Å². The minimum Gasteiger partial charge on any atom is -0.493 e. The largest absolute Gasteiger partial charge is 0.493 e. The average Bonchev–Trinajstić information content (AvgIpc) is 2.52. The fourth-order valence-corrected chi connectivity index (χ4v) is 2.66. The lowest BCUT2D eigenvalue weighted by Crippen LogP contribution is -2.01. The summed E-state index contributed by atoms with van der Waals surface area (Å²) in [6.45, 7) is 4.98. The zero-order valence-electron chi connectivity index (χ0n) is 13.7. The molecule has 0 atom stereocenters. The summed E-state index contributed by atoms with van der Waals surface area (Å²) in [7, 11) is 0. The Morgan fingerprint density at radius 3 is 2.55 bits per heavy atom. The molecule has 0 unspecified atom stereocenters. The van der Waals surface area contributed by atoms with Gasteiger partial charge < -0.3 is 9.15 Å². The van der Waals surface area contributed by atoms with Gasteiger partial charge in [0, 0.05) is 17.5 Å². The van der Waals surface area contributed by atoms with E-state index in [0.29, 0.717) is 5.58 Å². The van der Waals surface area contributed by atoms with Crippen LogP contribution in [0.2, 0.25) is 0 Å².